The highest BCUT2D eigenvalue weighted by Gasteiger charge is 2.29. The number of hydrogen-bond acceptors (Lipinski definition) is 2. The van der Waals surface area contributed by atoms with Gasteiger partial charge in [-0.1, -0.05) is 25.5 Å². The third-order valence-electron chi connectivity index (χ3n) is 3.14. The Morgan fingerprint density at radius 2 is 2.11 bits per heavy atom. The molecule has 1 fully saturated rings. The van der Waals surface area contributed by atoms with E-state index in [2.05, 4.69) is 17.6 Å². The Hall–Kier alpha value is -1.84. The van der Waals surface area contributed by atoms with Gasteiger partial charge in [0.2, 0.25) is 5.91 Å². The predicted molar refractivity (Wildman–Crippen MR) is 69.3 cm³/mol. The highest BCUT2D eigenvalue weighted by atomic mass is 16.2. The van der Waals surface area contributed by atoms with Crippen molar-refractivity contribution in [2.75, 3.05) is 6.54 Å². The summed E-state index contributed by atoms with van der Waals surface area (Å²) in [6, 6.07) is 7.22. The van der Waals surface area contributed by atoms with E-state index in [1.54, 1.807) is 0 Å². The highest BCUT2D eigenvalue weighted by molar-refractivity contribution is 5.99. The Morgan fingerprint density at radius 3 is 2.61 bits per heavy atom. The van der Waals surface area contributed by atoms with E-state index in [9.17, 15) is 9.59 Å². The van der Waals surface area contributed by atoms with Gasteiger partial charge in [0.15, 0.2) is 0 Å². The molecule has 0 aromatic heterocycles. The number of rotatable bonds is 5. The standard InChI is InChI=1S/C14H18N2O2/c1-2-3-4-10-5-7-11(8-6-10)13(17)16-12-9-15-14(12)18/h5-8,12H,2-4,9H2,1H3,(H,15,18)(H,16,17)/t12-/m0/s1. The molecular weight excluding hydrogens is 228 g/mol. The number of benzene rings is 1. The molecule has 1 aliphatic rings. The lowest BCUT2D eigenvalue weighted by molar-refractivity contribution is -0.128. The number of carbonyl (C=O) groups is 2. The number of carbonyl (C=O) groups excluding carboxylic acids is 2. The van der Waals surface area contributed by atoms with Gasteiger partial charge in [0.05, 0.1) is 0 Å². The average molecular weight is 246 g/mol. The molecule has 1 aromatic rings. The smallest absolute Gasteiger partial charge is 0.251 e. The van der Waals surface area contributed by atoms with E-state index in [0.29, 0.717) is 12.1 Å². The van der Waals surface area contributed by atoms with Crippen LogP contribution in [-0.4, -0.2) is 24.4 Å². The van der Waals surface area contributed by atoms with Crippen LogP contribution in [0.1, 0.15) is 35.7 Å². The Labute approximate surface area is 107 Å². The lowest BCUT2D eigenvalue weighted by Gasteiger charge is -2.26. The van der Waals surface area contributed by atoms with E-state index in [0.717, 1.165) is 12.8 Å². The Morgan fingerprint density at radius 1 is 1.39 bits per heavy atom. The van der Waals surface area contributed by atoms with Crippen molar-refractivity contribution in [3.63, 3.8) is 0 Å². The fourth-order valence-electron chi connectivity index (χ4n) is 1.85. The van der Waals surface area contributed by atoms with Crippen LogP contribution in [0.5, 0.6) is 0 Å². The first-order valence-corrected chi connectivity index (χ1v) is 6.38. The second-order valence-electron chi connectivity index (χ2n) is 4.57. The molecule has 18 heavy (non-hydrogen) atoms. The zero-order valence-corrected chi connectivity index (χ0v) is 10.5. The van der Waals surface area contributed by atoms with Gasteiger partial charge in [-0.2, -0.15) is 0 Å². The summed E-state index contributed by atoms with van der Waals surface area (Å²) >= 11 is 0. The fraction of sp³-hybridized carbons (Fsp3) is 0.429. The number of aryl methyl sites for hydroxylation is 1. The minimum absolute atomic E-state index is 0.108. The summed E-state index contributed by atoms with van der Waals surface area (Å²) in [7, 11) is 0. The quantitative estimate of drug-likeness (QED) is 0.768. The number of β-lactam (4-membered cyclic amide) rings is 1. The van der Waals surface area contributed by atoms with Crippen molar-refractivity contribution in [3.8, 4) is 0 Å². The summed E-state index contributed by atoms with van der Waals surface area (Å²) in [6.45, 7) is 2.69. The molecular formula is C14H18N2O2. The second-order valence-corrected chi connectivity index (χ2v) is 4.57. The van der Waals surface area contributed by atoms with Crippen molar-refractivity contribution in [2.24, 2.45) is 0 Å². The lowest BCUT2D eigenvalue weighted by Crippen LogP contribution is -2.61. The first kappa shape index (κ1) is 12.6. The van der Waals surface area contributed by atoms with Crippen LogP contribution in [0.2, 0.25) is 0 Å². The molecule has 2 amide bonds. The molecule has 1 atom stereocenters. The molecule has 2 N–H and O–H groups in total. The molecule has 2 rings (SSSR count). The van der Waals surface area contributed by atoms with Crippen molar-refractivity contribution in [1.82, 2.24) is 10.6 Å². The Balaban J connectivity index is 1.91. The molecule has 0 bridgehead atoms. The lowest BCUT2D eigenvalue weighted by atomic mass is 10.1. The molecule has 96 valence electrons. The fourth-order valence-corrected chi connectivity index (χ4v) is 1.85. The van der Waals surface area contributed by atoms with Crippen molar-refractivity contribution in [1.29, 1.82) is 0 Å². The predicted octanol–water partition coefficient (Wildman–Crippen LogP) is 1.26. The van der Waals surface area contributed by atoms with Crippen molar-refractivity contribution < 1.29 is 9.59 Å². The second kappa shape index (κ2) is 5.67. The van der Waals surface area contributed by atoms with Crippen LogP contribution in [0, 0.1) is 0 Å². The maximum absolute atomic E-state index is 11.8. The van der Waals surface area contributed by atoms with Gasteiger partial charge in [-0.05, 0) is 30.5 Å². The zero-order chi connectivity index (χ0) is 13.0. The van der Waals surface area contributed by atoms with Crippen LogP contribution >= 0.6 is 0 Å². The first-order chi connectivity index (χ1) is 8.70. The molecule has 1 saturated heterocycles. The van der Waals surface area contributed by atoms with E-state index >= 15 is 0 Å². The van der Waals surface area contributed by atoms with Gasteiger partial charge in [0.25, 0.3) is 5.91 Å². The molecule has 4 nitrogen and oxygen atoms in total. The van der Waals surface area contributed by atoms with Crippen molar-refractivity contribution in [2.45, 2.75) is 32.2 Å². The molecule has 4 heteroatoms. The van der Waals surface area contributed by atoms with Gasteiger partial charge >= 0.3 is 0 Å². The summed E-state index contributed by atoms with van der Waals surface area (Å²) in [5, 5.41) is 5.29. The van der Waals surface area contributed by atoms with E-state index in [1.807, 2.05) is 24.3 Å². The van der Waals surface area contributed by atoms with Crippen LogP contribution in [0.4, 0.5) is 0 Å². The monoisotopic (exact) mass is 246 g/mol. The van der Waals surface area contributed by atoms with E-state index in [-0.39, 0.29) is 17.9 Å². The average Bonchev–Trinajstić information content (AvgIpc) is 2.41. The SMILES string of the molecule is CCCCc1ccc(C(=O)N[C@H]2CNC2=O)cc1. The summed E-state index contributed by atoms with van der Waals surface area (Å²) in [5.74, 6) is -0.292. The van der Waals surface area contributed by atoms with Crippen LogP contribution in [0.3, 0.4) is 0 Å². The molecule has 0 unspecified atom stereocenters. The summed E-state index contributed by atoms with van der Waals surface area (Å²) in [6.07, 6.45) is 3.37. The number of amides is 2. The van der Waals surface area contributed by atoms with Crippen LogP contribution in [0.15, 0.2) is 24.3 Å². The van der Waals surface area contributed by atoms with Crippen molar-refractivity contribution >= 4 is 11.8 Å². The maximum Gasteiger partial charge on any atom is 0.251 e. The van der Waals surface area contributed by atoms with Crippen LogP contribution < -0.4 is 10.6 Å². The topological polar surface area (TPSA) is 58.2 Å². The minimum atomic E-state index is -0.364. The Kier molecular flexibility index (Phi) is 3.97. The molecule has 1 aliphatic heterocycles. The minimum Gasteiger partial charge on any atom is -0.352 e. The highest BCUT2D eigenvalue weighted by Crippen LogP contribution is 2.08. The third-order valence-corrected chi connectivity index (χ3v) is 3.14. The van der Waals surface area contributed by atoms with E-state index < -0.39 is 0 Å². The zero-order valence-electron chi connectivity index (χ0n) is 10.5. The summed E-state index contributed by atoms with van der Waals surface area (Å²) < 4.78 is 0. The maximum atomic E-state index is 11.8. The number of unbranched alkanes of at least 4 members (excludes halogenated alkanes) is 1. The van der Waals surface area contributed by atoms with Gasteiger partial charge < -0.3 is 10.6 Å². The molecule has 0 spiro atoms. The number of nitrogens with one attached hydrogen (secondary N) is 2. The number of hydrogen-bond donors (Lipinski definition) is 2. The van der Waals surface area contributed by atoms with E-state index in [1.165, 1.54) is 12.0 Å². The molecule has 0 radical (unpaired) electrons. The van der Waals surface area contributed by atoms with Gasteiger partial charge in [-0.25, -0.2) is 0 Å². The van der Waals surface area contributed by atoms with Gasteiger partial charge in [0.1, 0.15) is 6.04 Å². The summed E-state index contributed by atoms with van der Waals surface area (Å²) in [4.78, 5) is 22.9. The Bertz CT molecular complexity index is 440. The van der Waals surface area contributed by atoms with Gasteiger partial charge in [-0.15, -0.1) is 0 Å². The van der Waals surface area contributed by atoms with Gasteiger partial charge in [0, 0.05) is 12.1 Å². The van der Waals surface area contributed by atoms with Crippen molar-refractivity contribution in [3.05, 3.63) is 35.4 Å². The largest absolute Gasteiger partial charge is 0.352 e. The van der Waals surface area contributed by atoms with Gasteiger partial charge in [-0.3, -0.25) is 9.59 Å². The van der Waals surface area contributed by atoms with Crippen LogP contribution in [-0.2, 0) is 11.2 Å². The molecule has 1 aromatic carbocycles. The molecule has 0 saturated carbocycles. The normalized spacial score (nSPS) is 17.8. The summed E-state index contributed by atoms with van der Waals surface area (Å²) in [5.41, 5.74) is 1.85. The van der Waals surface area contributed by atoms with E-state index in [4.69, 9.17) is 0 Å². The molecule has 0 aliphatic carbocycles. The van der Waals surface area contributed by atoms with Crippen LogP contribution in [0.25, 0.3) is 0 Å². The first-order valence-electron chi connectivity index (χ1n) is 6.38. The molecule has 1 heterocycles. The third kappa shape index (κ3) is 2.88.